The summed E-state index contributed by atoms with van der Waals surface area (Å²) in [6.07, 6.45) is 1.05. The van der Waals surface area contributed by atoms with Crippen LogP contribution in [0.4, 0.5) is 0 Å². The highest BCUT2D eigenvalue weighted by molar-refractivity contribution is 6.30. The Hall–Kier alpha value is -0.570. The average Bonchev–Trinajstić information content (AvgIpc) is 2.15. The number of nitrogens with one attached hydrogen (secondary N) is 1. The molecule has 0 aromatic heterocycles. The van der Waals surface area contributed by atoms with Crippen molar-refractivity contribution >= 4 is 11.6 Å². The van der Waals surface area contributed by atoms with Crippen molar-refractivity contribution < 1.29 is 0 Å². The van der Waals surface area contributed by atoms with Gasteiger partial charge in [-0.2, -0.15) is 0 Å². The van der Waals surface area contributed by atoms with Crippen LogP contribution < -0.4 is 11.1 Å². The normalized spacial score (nSPS) is 21.2. The Morgan fingerprint density at radius 2 is 2.20 bits per heavy atom. The van der Waals surface area contributed by atoms with E-state index < -0.39 is 0 Å². The Labute approximate surface area is 95.8 Å². The molecule has 82 valence electrons. The van der Waals surface area contributed by atoms with Crippen molar-refractivity contribution in [2.45, 2.75) is 31.8 Å². The Balaban J connectivity index is 2.45. The summed E-state index contributed by atoms with van der Waals surface area (Å²) in [6.45, 7) is 5.07. The standard InChI is InChI=1S/C12H17ClN2/c1-12(2,14)11-10-7-9(13)4-3-8(10)5-6-15-11/h3-4,7,11,15H,5-6,14H2,1-2H3. The van der Waals surface area contributed by atoms with Crippen molar-refractivity contribution in [2.75, 3.05) is 6.54 Å². The maximum absolute atomic E-state index is 6.17. The van der Waals surface area contributed by atoms with Gasteiger partial charge in [-0.3, -0.25) is 0 Å². The van der Waals surface area contributed by atoms with Gasteiger partial charge in [0.05, 0.1) is 6.04 Å². The summed E-state index contributed by atoms with van der Waals surface area (Å²) in [5.41, 5.74) is 8.52. The van der Waals surface area contributed by atoms with Crippen LogP contribution in [-0.4, -0.2) is 12.1 Å². The highest BCUT2D eigenvalue weighted by atomic mass is 35.5. The molecule has 1 heterocycles. The second-order valence-corrected chi connectivity index (χ2v) is 5.24. The van der Waals surface area contributed by atoms with E-state index in [9.17, 15) is 0 Å². The van der Waals surface area contributed by atoms with E-state index in [0.717, 1.165) is 18.0 Å². The molecule has 0 amide bonds. The Morgan fingerprint density at radius 1 is 1.47 bits per heavy atom. The minimum absolute atomic E-state index is 0.194. The van der Waals surface area contributed by atoms with Crippen LogP contribution in [0.1, 0.15) is 31.0 Å². The van der Waals surface area contributed by atoms with Crippen LogP contribution in [0.15, 0.2) is 18.2 Å². The van der Waals surface area contributed by atoms with E-state index in [4.69, 9.17) is 17.3 Å². The lowest BCUT2D eigenvalue weighted by atomic mass is 9.84. The largest absolute Gasteiger partial charge is 0.324 e. The van der Waals surface area contributed by atoms with Gasteiger partial charge in [0.1, 0.15) is 0 Å². The fourth-order valence-electron chi connectivity index (χ4n) is 2.19. The summed E-state index contributed by atoms with van der Waals surface area (Å²) in [5, 5.41) is 4.24. The summed E-state index contributed by atoms with van der Waals surface area (Å²) >= 11 is 6.02. The van der Waals surface area contributed by atoms with Crippen molar-refractivity contribution in [3.8, 4) is 0 Å². The van der Waals surface area contributed by atoms with Crippen LogP contribution in [0.25, 0.3) is 0 Å². The number of hydrogen-bond acceptors (Lipinski definition) is 2. The fourth-order valence-corrected chi connectivity index (χ4v) is 2.37. The van der Waals surface area contributed by atoms with E-state index in [1.54, 1.807) is 0 Å². The number of rotatable bonds is 1. The van der Waals surface area contributed by atoms with Crippen LogP contribution in [-0.2, 0) is 6.42 Å². The van der Waals surface area contributed by atoms with Gasteiger partial charge >= 0.3 is 0 Å². The predicted octanol–water partition coefficient (Wildman–Crippen LogP) is 2.26. The zero-order valence-electron chi connectivity index (χ0n) is 9.18. The maximum atomic E-state index is 6.17. The van der Waals surface area contributed by atoms with E-state index in [-0.39, 0.29) is 11.6 Å². The van der Waals surface area contributed by atoms with Crippen LogP contribution >= 0.6 is 11.6 Å². The minimum atomic E-state index is -0.264. The van der Waals surface area contributed by atoms with E-state index >= 15 is 0 Å². The smallest absolute Gasteiger partial charge is 0.0500 e. The van der Waals surface area contributed by atoms with Gasteiger partial charge in [-0.05, 0) is 50.1 Å². The Kier molecular flexibility index (Phi) is 2.75. The molecular formula is C12H17ClN2. The molecule has 0 saturated carbocycles. The zero-order chi connectivity index (χ0) is 11.1. The molecule has 0 spiro atoms. The molecule has 15 heavy (non-hydrogen) atoms. The lowest BCUT2D eigenvalue weighted by molar-refractivity contribution is 0.337. The molecule has 2 nitrogen and oxygen atoms in total. The third-order valence-electron chi connectivity index (χ3n) is 2.91. The quantitative estimate of drug-likeness (QED) is 0.768. The van der Waals surface area contributed by atoms with Gasteiger partial charge in [-0.1, -0.05) is 17.7 Å². The highest BCUT2D eigenvalue weighted by Gasteiger charge is 2.30. The summed E-state index contributed by atoms with van der Waals surface area (Å²) in [7, 11) is 0. The third-order valence-corrected chi connectivity index (χ3v) is 3.14. The van der Waals surface area contributed by atoms with Crippen LogP contribution in [0, 0.1) is 0 Å². The lowest BCUT2D eigenvalue weighted by Crippen LogP contribution is -2.49. The van der Waals surface area contributed by atoms with E-state index in [1.165, 1.54) is 11.1 Å². The molecule has 0 radical (unpaired) electrons. The Bertz CT molecular complexity index is 368. The topological polar surface area (TPSA) is 38.0 Å². The first kappa shape index (κ1) is 10.9. The monoisotopic (exact) mass is 224 g/mol. The molecule has 1 aromatic carbocycles. The maximum Gasteiger partial charge on any atom is 0.0500 e. The molecule has 1 aliphatic heterocycles. The van der Waals surface area contributed by atoms with E-state index in [2.05, 4.69) is 11.4 Å². The van der Waals surface area contributed by atoms with Crippen molar-refractivity contribution in [2.24, 2.45) is 5.73 Å². The third kappa shape index (κ3) is 2.17. The first-order valence-corrected chi connectivity index (χ1v) is 5.67. The van der Waals surface area contributed by atoms with Crippen molar-refractivity contribution in [3.05, 3.63) is 34.3 Å². The van der Waals surface area contributed by atoms with Gasteiger partial charge in [0, 0.05) is 10.6 Å². The molecule has 2 rings (SSSR count). The molecule has 1 aromatic rings. The molecule has 1 aliphatic rings. The minimum Gasteiger partial charge on any atom is -0.324 e. The number of nitrogens with two attached hydrogens (primary N) is 1. The SMILES string of the molecule is CC(C)(N)C1NCCc2ccc(Cl)cc21. The summed E-state index contributed by atoms with van der Waals surface area (Å²) in [5.74, 6) is 0. The van der Waals surface area contributed by atoms with Gasteiger partial charge in [-0.25, -0.2) is 0 Å². The zero-order valence-corrected chi connectivity index (χ0v) is 9.93. The molecule has 1 unspecified atom stereocenters. The van der Waals surface area contributed by atoms with Gasteiger partial charge in [0.2, 0.25) is 0 Å². The first-order chi connectivity index (χ1) is 6.98. The summed E-state index contributed by atoms with van der Waals surface area (Å²) in [4.78, 5) is 0. The van der Waals surface area contributed by atoms with E-state index in [0.29, 0.717) is 0 Å². The second-order valence-electron chi connectivity index (χ2n) is 4.80. The van der Waals surface area contributed by atoms with Gasteiger partial charge in [0.25, 0.3) is 0 Å². The van der Waals surface area contributed by atoms with Crippen molar-refractivity contribution in [3.63, 3.8) is 0 Å². The van der Waals surface area contributed by atoms with Gasteiger partial charge in [0.15, 0.2) is 0 Å². The molecular weight excluding hydrogens is 208 g/mol. The van der Waals surface area contributed by atoms with E-state index in [1.807, 2.05) is 26.0 Å². The molecule has 3 N–H and O–H groups in total. The fraction of sp³-hybridized carbons (Fsp3) is 0.500. The first-order valence-electron chi connectivity index (χ1n) is 5.29. The predicted molar refractivity (Wildman–Crippen MR) is 64.2 cm³/mol. The Morgan fingerprint density at radius 3 is 2.87 bits per heavy atom. The average molecular weight is 225 g/mol. The lowest BCUT2D eigenvalue weighted by Gasteiger charge is -2.36. The van der Waals surface area contributed by atoms with Gasteiger partial charge < -0.3 is 11.1 Å². The van der Waals surface area contributed by atoms with Crippen LogP contribution in [0.3, 0.4) is 0 Å². The van der Waals surface area contributed by atoms with Crippen LogP contribution in [0.5, 0.6) is 0 Å². The van der Waals surface area contributed by atoms with Crippen LogP contribution in [0.2, 0.25) is 5.02 Å². The highest BCUT2D eigenvalue weighted by Crippen LogP contribution is 2.31. The van der Waals surface area contributed by atoms with Gasteiger partial charge in [-0.15, -0.1) is 0 Å². The molecule has 3 heteroatoms. The number of hydrogen-bond donors (Lipinski definition) is 2. The molecule has 0 aliphatic carbocycles. The van der Waals surface area contributed by atoms with Crippen molar-refractivity contribution in [1.29, 1.82) is 0 Å². The molecule has 0 fully saturated rings. The second kappa shape index (κ2) is 3.78. The molecule has 0 bridgehead atoms. The number of fused-ring (bicyclic) bond motifs is 1. The summed E-state index contributed by atoms with van der Waals surface area (Å²) in [6, 6.07) is 6.28. The number of halogens is 1. The molecule has 1 atom stereocenters. The number of benzene rings is 1. The summed E-state index contributed by atoms with van der Waals surface area (Å²) < 4.78 is 0. The molecule has 0 saturated heterocycles. The van der Waals surface area contributed by atoms with Crippen molar-refractivity contribution in [1.82, 2.24) is 5.32 Å².